The lowest BCUT2D eigenvalue weighted by Gasteiger charge is -2.46. The minimum absolute atomic E-state index is 0.0469. The van der Waals surface area contributed by atoms with E-state index in [9.17, 15) is 40.2 Å². The molecule has 12 atom stereocenters. The van der Waals surface area contributed by atoms with Gasteiger partial charge in [-0.1, -0.05) is 162 Å². The Hall–Kier alpha value is -1.68. The molecule has 2 aliphatic heterocycles. The molecule has 2 saturated heterocycles. The molecule has 352 valence electrons. The van der Waals surface area contributed by atoms with E-state index < -0.39 is 92.5 Å². The van der Waals surface area contributed by atoms with Gasteiger partial charge in [0.05, 0.1) is 19.1 Å². The number of carbonyl (C=O) groups excluding carboxylic acids is 2. The highest BCUT2D eigenvalue weighted by Gasteiger charge is 2.53. The Morgan fingerprint density at radius 2 is 1.08 bits per heavy atom. The van der Waals surface area contributed by atoms with Crippen LogP contribution in [-0.2, 0) is 33.3 Å². The first kappa shape index (κ1) is 54.5. The molecule has 0 bridgehead atoms. The van der Waals surface area contributed by atoms with Crippen LogP contribution in [0.5, 0.6) is 0 Å². The molecule has 2 heterocycles. The van der Waals surface area contributed by atoms with Crippen molar-refractivity contribution in [2.45, 2.75) is 249 Å². The maximum atomic E-state index is 13.6. The van der Waals surface area contributed by atoms with Crippen molar-refractivity contribution in [2.24, 2.45) is 11.8 Å². The molecule has 0 aromatic heterocycles. The van der Waals surface area contributed by atoms with Crippen LogP contribution in [0, 0.1) is 11.8 Å². The molecule has 4 unspecified atom stereocenters. The number of aliphatic hydroxyl groups is 6. The summed E-state index contributed by atoms with van der Waals surface area (Å²) in [4.78, 5) is 26.9. The summed E-state index contributed by atoms with van der Waals surface area (Å²) in [6.45, 7) is 8.43. The average Bonchev–Trinajstić information content (AvgIpc) is 3.23. The second-order valence-corrected chi connectivity index (χ2v) is 17.7. The average molecular weight is 859 g/mol. The lowest BCUT2D eigenvalue weighted by molar-refractivity contribution is -0.377. The fraction of sp³-hybridized carbons (Fsp3) is 0.915. The fourth-order valence-corrected chi connectivity index (χ4v) is 8.31. The number of rotatable bonds is 35. The number of hydrogen-bond donors (Lipinski definition) is 6. The zero-order chi connectivity index (χ0) is 44.1. The third kappa shape index (κ3) is 21.1. The van der Waals surface area contributed by atoms with Gasteiger partial charge in [0.1, 0.15) is 36.6 Å². The Balaban J connectivity index is 1.99. The number of esters is 2. The first-order chi connectivity index (χ1) is 29.0. The summed E-state index contributed by atoms with van der Waals surface area (Å²) >= 11 is 0. The van der Waals surface area contributed by atoms with Crippen LogP contribution in [0.25, 0.3) is 0 Å². The summed E-state index contributed by atoms with van der Waals surface area (Å²) in [6, 6.07) is 0. The van der Waals surface area contributed by atoms with Crippen molar-refractivity contribution in [3.63, 3.8) is 0 Å². The quantitative estimate of drug-likeness (QED) is 0.0211. The molecular weight excluding hydrogens is 773 g/mol. The number of carbonyl (C=O) groups is 2. The molecule has 0 aromatic carbocycles. The Kier molecular flexibility index (Phi) is 29.9. The second kappa shape index (κ2) is 32.9. The molecular formula is C47H86O13. The van der Waals surface area contributed by atoms with Gasteiger partial charge < -0.3 is 54.3 Å². The maximum Gasteiger partial charge on any atom is 0.309 e. The van der Waals surface area contributed by atoms with Gasteiger partial charge in [-0.05, 0) is 31.6 Å². The van der Waals surface area contributed by atoms with E-state index in [0.29, 0.717) is 12.8 Å². The third-order valence-corrected chi connectivity index (χ3v) is 12.2. The summed E-state index contributed by atoms with van der Waals surface area (Å²) in [5.74, 6) is -1.59. The highest BCUT2D eigenvalue weighted by Crippen LogP contribution is 2.32. The van der Waals surface area contributed by atoms with Crippen LogP contribution in [0.4, 0.5) is 0 Å². The molecule has 2 fully saturated rings. The van der Waals surface area contributed by atoms with E-state index in [-0.39, 0.29) is 12.3 Å². The topological polar surface area (TPSA) is 202 Å². The molecule has 6 N–H and O–H groups in total. The molecule has 0 aromatic rings. The monoisotopic (exact) mass is 859 g/mol. The van der Waals surface area contributed by atoms with Gasteiger partial charge in [0, 0.05) is 6.42 Å². The molecule has 13 heteroatoms. The zero-order valence-electron chi connectivity index (χ0n) is 37.6. The van der Waals surface area contributed by atoms with Crippen LogP contribution in [0.3, 0.4) is 0 Å². The summed E-state index contributed by atoms with van der Waals surface area (Å²) in [5.41, 5.74) is 0. The van der Waals surface area contributed by atoms with Gasteiger partial charge in [-0.25, -0.2) is 0 Å². The van der Waals surface area contributed by atoms with E-state index in [1.54, 1.807) is 6.92 Å². The van der Waals surface area contributed by atoms with E-state index >= 15 is 0 Å². The van der Waals surface area contributed by atoms with Gasteiger partial charge in [0.25, 0.3) is 0 Å². The predicted octanol–water partition coefficient (Wildman–Crippen LogP) is 7.33. The van der Waals surface area contributed by atoms with E-state index in [2.05, 4.69) is 20.4 Å². The van der Waals surface area contributed by atoms with Crippen LogP contribution >= 0.6 is 0 Å². The van der Waals surface area contributed by atoms with Crippen molar-refractivity contribution in [3.05, 3.63) is 12.7 Å². The number of ether oxygens (including phenoxy) is 5. The summed E-state index contributed by atoms with van der Waals surface area (Å²) in [5, 5.41) is 62.6. The van der Waals surface area contributed by atoms with Crippen molar-refractivity contribution in [1.29, 1.82) is 0 Å². The largest absolute Gasteiger partial charge is 0.455 e. The summed E-state index contributed by atoms with van der Waals surface area (Å²) < 4.78 is 29.0. The van der Waals surface area contributed by atoms with Crippen LogP contribution < -0.4 is 0 Å². The number of aliphatic hydroxyl groups excluding tert-OH is 6. The van der Waals surface area contributed by atoms with Gasteiger partial charge in [-0.2, -0.15) is 0 Å². The van der Waals surface area contributed by atoms with Crippen molar-refractivity contribution in [1.82, 2.24) is 0 Å². The minimum atomic E-state index is -1.81. The normalized spacial score (nSPS) is 27.9. The summed E-state index contributed by atoms with van der Waals surface area (Å²) in [6.07, 6.45) is 14.5. The van der Waals surface area contributed by atoms with Gasteiger partial charge in [-0.3, -0.25) is 9.59 Å². The van der Waals surface area contributed by atoms with Gasteiger partial charge in [0.2, 0.25) is 6.29 Å². The van der Waals surface area contributed by atoms with Crippen molar-refractivity contribution >= 4 is 11.9 Å². The van der Waals surface area contributed by atoms with E-state index in [1.807, 2.05) is 6.08 Å². The highest BCUT2D eigenvalue weighted by atomic mass is 16.8. The molecule has 60 heavy (non-hydrogen) atoms. The van der Waals surface area contributed by atoms with Crippen LogP contribution in [0.2, 0.25) is 0 Å². The van der Waals surface area contributed by atoms with Crippen molar-refractivity contribution < 1.29 is 63.9 Å². The van der Waals surface area contributed by atoms with Crippen LogP contribution in [0.1, 0.15) is 188 Å². The van der Waals surface area contributed by atoms with Crippen LogP contribution in [0.15, 0.2) is 12.7 Å². The van der Waals surface area contributed by atoms with Crippen molar-refractivity contribution in [3.8, 4) is 0 Å². The van der Waals surface area contributed by atoms with Crippen LogP contribution in [-0.4, -0.2) is 117 Å². The van der Waals surface area contributed by atoms with E-state index in [0.717, 1.165) is 51.4 Å². The Bertz CT molecular complexity index is 1110. The zero-order valence-corrected chi connectivity index (χ0v) is 37.6. The first-order valence-electron chi connectivity index (χ1n) is 23.9. The number of allylic oxidation sites excluding steroid dienone is 1. The molecule has 0 amide bonds. The number of hydrogen-bond acceptors (Lipinski definition) is 13. The molecule has 0 spiro atoms. The maximum absolute atomic E-state index is 13.6. The molecule has 0 aliphatic carbocycles. The van der Waals surface area contributed by atoms with Gasteiger partial charge >= 0.3 is 11.9 Å². The Morgan fingerprint density at radius 3 is 1.62 bits per heavy atom. The SMILES string of the molecule is C=CCCCCCCCCCCC[C@H](C)C[C@H](C)C(=O)OC1[C@H](O)C(CO)O[C@H](O[C@H]2OC(CO)[C@@H](O)[C@@H](O)C2O)[C@H]1OC(=O)CCCCCCCCCCCCCCC. The Morgan fingerprint density at radius 1 is 0.600 bits per heavy atom. The minimum Gasteiger partial charge on any atom is -0.455 e. The fourth-order valence-electron chi connectivity index (χ4n) is 8.31. The molecule has 0 radical (unpaired) electrons. The summed E-state index contributed by atoms with van der Waals surface area (Å²) in [7, 11) is 0. The molecule has 2 aliphatic rings. The second-order valence-electron chi connectivity index (χ2n) is 17.7. The first-order valence-corrected chi connectivity index (χ1v) is 23.9. The van der Waals surface area contributed by atoms with Gasteiger partial charge in [0.15, 0.2) is 18.5 Å². The molecule has 13 nitrogen and oxygen atoms in total. The molecule has 0 saturated carbocycles. The highest BCUT2D eigenvalue weighted by molar-refractivity contribution is 5.72. The van der Waals surface area contributed by atoms with E-state index in [4.69, 9.17) is 23.7 Å². The standard InChI is InChI=1S/C47H86O13/c1-5-7-9-11-13-15-17-18-20-22-24-26-28-30-38(50)58-44-43(40(52)37(33-49)57-47(44)60-46-42(54)41(53)39(51)36(32-48)56-46)59-45(55)35(4)31-34(3)29-27-25-23-21-19-16-14-12-10-8-6-2/h6,34-37,39-44,46-49,51-54H,2,5,7-33H2,1,3-4H3/t34-,35-,36?,37?,39+,40+,41+,42?,43?,44-,46+,47+/m0/s1. The third-order valence-electron chi connectivity index (χ3n) is 12.2. The number of unbranched alkanes of at least 4 members (excludes halogenated alkanes) is 21. The Labute approximate surface area is 361 Å². The van der Waals surface area contributed by atoms with Crippen molar-refractivity contribution in [2.75, 3.05) is 13.2 Å². The lowest BCUT2D eigenvalue weighted by Crippen LogP contribution is -2.65. The van der Waals surface area contributed by atoms with E-state index in [1.165, 1.54) is 96.3 Å². The lowest BCUT2D eigenvalue weighted by atomic mass is 9.92. The smallest absolute Gasteiger partial charge is 0.309 e. The predicted molar refractivity (Wildman–Crippen MR) is 231 cm³/mol. The van der Waals surface area contributed by atoms with Gasteiger partial charge in [-0.15, -0.1) is 6.58 Å². The molecule has 2 rings (SSSR count).